The van der Waals surface area contributed by atoms with Gasteiger partial charge >= 0.3 is 0 Å². The molecule has 0 radical (unpaired) electrons. The number of amides is 1. The number of rotatable bonds is 5. The van der Waals surface area contributed by atoms with Crippen molar-refractivity contribution in [2.24, 2.45) is 13.0 Å². The van der Waals surface area contributed by atoms with Crippen molar-refractivity contribution in [1.29, 1.82) is 0 Å². The van der Waals surface area contributed by atoms with E-state index < -0.39 is 0 Å². The van der Waals surface area contributed by atoms with Gasteiger partial charge in [-0.2, -0.15) is 0 Å². The van der Waals surface area contributed by atoms with Crippen LogP contribution in [0.2, 0.25) is 0 Å². The van der Waals surface area contributed by atoms with Crippen molar-refractivity contribution in [3.05, 3.63) is 41.4 Å². The van der Waals surface area contributed by atoms with Crippen LogP contribution in [0.15, 0.2) is 23.1 Å². The highest BCUT2D eigenvalue weighted by molar-refractivity contribution is 5.95. The lowest BCUT2D eigenvalue weighted by Gasteiger charge is -2.35. The van der Waals surface area contributed by atoms with Gasteiger partial charge in [-0.15, -0.1) is 0 Å². The van der Waals surface area contributed by atoms with Crippen LogP contribution in [-0.2, 0) is 24.8 Å². The molecule has 0 N–H and O–H groups in total. The molecular weight excluding hydrogens is 306 g/mol. The van der Waals surface area contributed by atoms with Gasteiger partial charge in [-0.25, -0.2) is 4.98 Å². The molecule has 24 heavy (non-hydrogen) atoms. The molecule has 6 nitrogen and oxygen atoms in total. The minimum atomic E-state index is -0.00225. The van der Waals surface area contributed by atoms with E-state index in [-0.39, 0.29) is 11.9 Å². The number of hydrogen-bond donors (Lipinski definition) is 0. The Morgan fingerprint density at radius 1 is 1.42 bits per heavy atom. The fourth-order valence-electron chi connectivity index (χ4n) is 3.33. The summed E-state index contributed by atoms with van der Waals surface area (Å²) in [5.41, 5.74) is 2.80. The Hall–Kier alpha value is -2.08. The summed E-state index contributed by atoms with van der Waals surface area (Å²) in [4.78, 5) is 19.3. The average Bonchev–Trinajstić information content (AvgIpc) is 3.19. The summed E-state index contributed by atoms with van der Waals surface area (Å²) in [5.74, 6) is 1.38. The SMILES string of the molecule is Cc1occc1C(=O)N1Cc2ncn(C)c2C[C@@H]1COCC1CC1. The number of carbonyl (C=O) groups is 1. The van der Waals surface area contributed by atoms with E-state index in [1.807, 2.05) is 29.8 Å². The van der Waals surface area contributed by atoms with E-state index in [1.54, 1.807) is 12.3 Å². The van der Waals surface area contributed by atoms with E-state index in [9.17, 15) is 4.79 Å². The van der Waals surface area contributed by atoms with Gasteiger partial charge in [0.2, 0.25) is 0 Å². The van der Waals surface area contributed by atoms with Gasteiger partial charge in [0, 0.05) is 25.8 Å². The van der Waals surface area contributed by atoms with Gasteiger partial charge < -0.3 is 18.6 Å². The van der Waals surface area contributed by atoms with E-state index in [4.69, 9.17) is 9.15 Å². The van der Waals surface area contributed by atoms with E-state index in [2.05, 4.69) is 4.98 Å². The van der Waals surface area contributed by atoms with Crippen LogP contribution in [0.5, 0.6) is 0 Å². The molecule has 0 bridgehead atoms. The van der Waals surface area contributed by atoms with Crippen molar-refractivity contribution in [2.45, 2.75) is 38.8 Å². The molecule has 3 heterocycles. The molecular formula is C18H23N3O3. The number of ether oxygens (including phenoxy) is 1. The van der Waals surface area contributed by atoms with Gasteiger partial charge in [0.25, 0.3) is 5.91 Å². The first kappa shape index (κ1) is 15.4. The number of hydrogen-bond acceptors (Lipinski definition) is 4. The maximum absolute atomic E-state index is 13.0. The van der Waals surface area contributed by atoms with E-state index in [0.29, 0.717) is 24.5 Å². The minimum Gasteiger partial charge on any atom is -0.469 e. The Bertz CT molecular complexity index is 745. The van der Waals surface area contributed by atoms with Crippen LogP contribution in [-0.4, -0.2) is 39.6 Å². The summed E-state index contributed by atoms with van der Waals surface area (Å²) in [6.45, 7) is 3.73. The molecule has 0 saturated heterocycles. The maximum atomic E-state index is 13.0. The van der Waals surface area contributed by atoms with Crippen molar-refractivity contribution in [2.75, 3.05) is 13.2 Å². The van der Waals surface area contributed by atoms with Crippen LogP contribution in [0, 0.1) is 12.8 Å². The zero-order valence-corrected chi connectivity index (χ0v) is 14.2. The number of furan rings is 1. The molecule has 1 aliphatic heterocycles. The molecule has 2 aromatic heterocycles. The van der Waals surface area contributed by atoms with Crippen LogP contribution in [0.25, 0.3) is 0 Å². The summed E-state index contributed by atoms with van der Waals surface area (Å²) in [5, 5.41) is 0. The van der Waals surface area contributed by atoms with Gasteiger partial charge in [0.05, 0.1) is 43.0 Å². The topological polar surface area (TPSA) is 60.5 Å². The van der Waals surface area contributed by atoms with Gasteiger partial charge in [0.15, 0.2) is 0 Å². The molecule has 0 aromatic carbocycles. The largest absolute Gasteiger partial charge is 0.469 e. The van der Waals surface area contributed by atoms with Crippen LogP contribution >= 0.6 is 0 Å². The summed E-state index contributed by atoms with van der Waals surface area (Å²) in [6, 6.07) is 1.78. The molecule has 4 rings (SSSR count). The van der Waals surface area contributed by atoms with Crippen LogP contribution in [0.4, 0.5) is 0 Å². The predicted molar refractivity (Wildman–Crippen MR) is 87.6 cm³/mol. The second-order valence-electron chi connectivity index (χ2n) is 6.91. The third-order valence-corrected chi connectivity index (χ3v) is 5.05. The van der Waals surface area contributed by atoms with Crippen molar-refractivity contribution in [3.8, 4) is 0 Å². The molecule has 1 fully saturated rings. The molecule has 6 heteroatoms. The van der Waals surface area contributed by atoms with Gasteiger partial charge in [0.1, 0.15) is 5.76 Å². The first-order valence-electron chi connectivity index (χ1n) is 8.55. The molecule has 128 valence electrons. The summed E-state index contributed by atoms with van der Waals surface area (Å²) < 4.78 is 13.3. The molecule has 1 aliphatic carbocycles. The van der Waals surface area contributed by atoms with Gasteiger partial charge in [-0.05, 0) is 31.7 Å². The van der Waals surface area contributed by atoms with Gasteiger partial charge in [-0.1, -0.05) is 0 Å². The third-order valence-electron chi connectivity index (χ3n) is 5.05. The average molecular weight is 329 g/mol. The lowest BCUT2D eigenvalue weighted by molar-refractivity contribution is 0.0335. The first-order chi connectivity index (χ1) is 11.6. The number of fused-ring (bicyclic) bond motifs is 1. The Morgan fingerprint density at radius 3 is 2.96 bits per heavy atom. The van der Waals surface area contributed by atoms with Crippen LogP contribution < -0.4 is 0 Å². The fourth-order valence-corrected chi connectivity index (χ4v) is 3.33. The Labute approximate surface area is 141 Å². The monoisotopic (exact) mass is 329 g/mol. The highest BCUT2D eigenvalue weighted by atomic mass is 16.5. The van der Waals surface area contributed by atoms with Crippen molar-refractivity contribution in [3.63, 3.8) is 0 Å². The third kappa shape index (κ3) is 2.86. The highest BCUT2D eigenvalue weighted by Gasteiger charge is 2.34. The Morgan fingerprint density at radius 2 is 2.25 bits per heavy atom. The zero-order valence-electron chi connectivity index (χ0n) is 14.2. The maximum Gasteiger partial charge on any atom is 0.258 e. The lowest BCUT2D eigenvalue weighted by atomic mass is 10.0. The summed E-state index contributed by atoms with van der Waals surface area (Å²) in [7, 11) is 2.01. The quantitative estimate of drug-likeness (QED) is 0.844. The molecule has 1 atom stereocenters. The molecule has 1 saturated carbocycles. The Kier molecular flexibility index (Phi) is 3.92. The molecule has 2 aromatic rings. The molecule has 0 unspecified atom stereocenters. The standard InChI is InChI=1S/C18H23N3O3/c1-12-15(5-6-24-12)18(22)21-8-16-17(20(2)11-19-16)7-14(21)10-23-9-13-3-4-13/h5-6,11,13-14H,3-4,7-10H2,1-2H3/t14-/m1/s1. The van der Waals surface area contributed by atoms with E-state index in [1.165, 1.54) is 18.5 Å². The number of carbonyl (C=O) groups excluding carboxylic acids is 1. The molecule has 2 aliphatic rings. The number of aromatic nitrogens is 2. The van der Waals surface area contributed by atoms with Crippen molar-refractivity contribution >= 4 is 5.91 Å². The predicted octanol–water partition coefficient (Wildman–Crippen LogP) is 2.32. The minimum absolute atomic E-state index is 0.00225. The highest BCUT2D eigenvalue weighted by Crippen LogP contribution is 2.30. The number of nitrogens with zero attached hydrogens (tertiary/aromatic N) is 3. The lowest BCUT2D eigenvalue weighted by Crippen LogP contribution is -2.47. The second-order valence-corrected chi connectivity index (χ2v) is 6.91. The first-order valence-corrected chi connectivity index (χ1v) is 8.55. The van der Waals surface area contributed by atoms with E-state index >= 15 is 0 Å². The number of aryl methyl sites for hydroxylation is 2. The zero-order chi connectivity index (χ0) is 16.7. The smallest absolute Gasteiger partial charge is 0.258 e. The second kappa shape index (κ2) is 6.09. The van der Waals surface area contributed by atoms with Crippen LogP contribution in [0.3, 0.4) is 0 Å². The Balaban J connectivity index is 1.55. The normalized spacial score (nSPS) is 20.2. The van der Waals surface area contributed by atoms with Crippen molar-refractivity contribution < 1.29 is 13.9 Å². The fraction of sp³-hybridized carbons (Fsp3) is 0.556. The van der Waals surface area contributed by atoms with Gasteiger partial charge in [-0.3, -0.25) is 4.79 Å². The van der Waals surface area contributed by atoms with Crippen LogP contribution in [0.1, 0.15) is 40.3 Å². The van der Waals surface area contributed by atoms with Crippen molar-refractivity contribution in [1.82, 2.24) is 14.5 Å². The summed E-state index contributed by atoms with van der Waals surface area (Å²) in [6.07, 6.45) is 6.71. The number of imidazole rings is 1. The molecule has 0 spiro atoms. The summed E-state index contributed by atoms with van der Waals surface area (Å²) >= 11 is 0. The van der Waals surface area contributed by atoms with E-state index in [0.717, 1.165) is 24.6 Å². The molecule has 1 amide bonds.